The van der Waals surface area contributed by atoms with Crippen LogP contribution < -0.4 is 0 Å². The Morgan fingerprint density at radius 3 is 2.52 bits per heavy atom. The fourth-order valence-electron chi connectivity index (χ4n) is 2.38. The normalized spacial score (nSPS) is 17.7. The van der Waals surface area contributed by atoms with Crippen molar-refractivity contribution in [2.24, 2.45) is 7.05 Å². The number of sulfonamides is 1. The van der Waals surface area contributed by atoms with E-state index in [1.165, 1.54) is 4.31 Å². The zero-order valence-corrected chi connectivity index (χ0v) is 15.6. The highest BCUT2D eigenvalue weighted by molar-refractivity contribution is 7.91. The van der Waals surface area contributed by atoms with Gasteiger partial charge in [0.2, 0.25) is 0 Å². The second-order valence-electron chi connectivity index (χ2n) is 5.25. The maximum atomic E-state index is 12.5. The van der Waals surface area contributed by atoms with E-state index in [0.29, 0.717) is 46.2 Å². The zero-order valence-electron chi connectivity index (χ0n) is 12.4. The van der Waals surface area contributed by atoms with Gasteiger partial charge in [-0.3, -0.25) is 4.90 Å². The van der Waals surface area contributed by atoms with Crippen molar-refractivity contribution < 1.29 is 8.42 Å². The van der Waals surface area contributed by atoms with Gasteiger partial charge < -0.3 is 4.57 Å². The second-order valence-corrected chi connectivity index (χ2v) is 9.49. The lowest BCUT2D eigenvalue weighted by atomic mass is 10.4. The van der Waals surface area contributed by atoms with Crippen molar-refractivity contribution in [3.8, 4) is 0 Å². The van der Waals surface area contributed by atoms with Crippen LogP contribution in [-0.4, -0.2) is 58.1 Å². The second kappa shape index (κ2) is 6.61. The van der Waals surface area contributed by atoms with Gasteiger partial charge in [-0.2, -0.15) is 9.40 Å². The maximum Gasteiger partial charge on any atom is 0.252 e. The van der Waals surface area contributed by atoms with E-state index in [1.54, 1.807) is 27.7 Å². The number of hydrogen-bond donors (Lipinski definition) is 0. The molecule has 2 aromatic heterocycles. The van der Waals surface area contributed by atoms with Crippen LogP contribution in [-0.2, 0) is 23.7 Å². The van der Waals surface area contributed by atoms with Crippen LogP contribution in [0, 0.1) is 4.77 Å². The third-order valence-electron chi connectivity index (χ3n) is 3.69. The Balaban J connectivity index is 1.64. The molecule has 3 heterocycles. The van der Waals surface area contributed by atoms with Gasteiger partial charge in [0.15, 0.2) is 4.77 Å². The number of aryl methyl sites for hydroxylation is 1. The minimum absolute atomic E-state index is 0.294. The first-order chi connectivity index (χ1) is 10.9. The zero-order chi connectivity index (χ0) is 16.6. The van der Waals surface area contributed by atoms with Crippen molar-refractivity contribution >= 4 is 45.2 Å². The van der Waals surface area contributed by atoms with E-state index in [-0.39, 0.29) is 0 Å². The number of aromatic nitrogens is 3. The Morgan fingerprint density at radius 1 is 1.30 bits per heavy atom. The van der Waals surface area contributed by atoms with E-state index in [1.807, 2.05) is 7.05 Å². The van der Waals surface area contributed by atoms with Crippen molar-refractivity contribution in [2.45, 2.75) is 10.9 Å². The molecular formula is C12H16ClN5O2S3. The summed E-state index contributed by atoms with van der Waals surface area (Å²) >= 11 is 12.2. The topological polar surface area (TPSA) is 63.4 Å². The summed E-state index contributed by atoms with van der Waals surface area (Å²) in [5, 5.41) is 4.22. The van der Waals surface area contributed by atoms with Crippen molar-refractivity contribution in [2.75, 3.05) is 26.2 Å². The molecule has 0 aliphatic carbocycles. The van der Waals surface area contributed by atoms with Crippen LogP contribution in [0.3, 0.4) is 0 Å². The molecule has 0 saturated carbocycles. The summed E-state index contributed by atoms with van der Waals surface area (Å²) in [5.41, 5.74) is 0. The van der Waals surface area contributed by atoms with Crippen LogP contribution in [0.4, 0.5) is 0 Å². The highest BCUT2D eigenvalue weighted by Crippen LogP contribution is 2.28. The highest BCUT2D eigenvalue weighted by atomic mass is 35.5. The predicted molar refractivity (Wildman–Crippen MR) is 91.7 cm³/mol. The molecule has 1 fully saturated rings. The molecule has 2 aromatic rings. The lowest BCUT2D eigenvalue weighted by molar-refractivity contribution is 0.144. The molecule has 0 aromatic carbocycles. The predicted octanol–water partition coefficient (Wildman–Crippen LogP) is 1.63. The Labute approximate surface area is 148 Å². The first-order valence-corrected chi connectivity index (χ1v) is 9.98. The first kappa shape index (κ1) is 17.1. The smallest absolute Gasteiger partial charge is 0.252 e. The molecular weight excluding hydrogens is 378 g/mol. The first-order valence-electron chi connectivity index (χ1n) is 6.94. The van der Waals surface area contributed by atoms with Crippen molar-refractivity contribution in [3.63, 3.8) is 0 Å². The van der Waals surface area contributed by atoms with Gasteiger partial charge in [0.25, 0.3) is 10.0 Å². The van der Waals surface area contributed by atoms with E-state index in [4.69, 9.17) is 23.8 Å². The molecule has 1 aliphatic heterocycles. The molecule has 0 atom stereocenters. The summed E-state index contributed by atoms with van der Waals surface area (Å²) < 4.78 is 31.5. The van der Waals surface area contributed by atoms with Gasteiger partial charge in [-0.05, 0) is 24.4 Å². The Morgan fingerprint density at radius 2 is 2.00 bits per heavy atom. The molecule has 11 heteroatoms. The van der Waals surface area contributed by atoms with Crippen LogP contribution >= 0.6 is 35.2 Å². The summed E-state index contributed by atoms with van der Waals surface area (Å²) in [7, 11) is -1.60. The SMILES string of the molecule is Cn1cnn(CN2CCN(S(=O)(=O)c3ccc(Cl)s3)CC2)c1=S. The summed E-state index contributed by atoms with van der Waals surface area (Å²) in [6, 6.07) is 3.17. The van der Waals surface area contributed by atoms with E-state index >= 15 is 0 Å². The Bertz CT molecular complexity index is 848. The van der Waals surface area contributed by atoms with Crippen LogP contribution in [0.2, 0.25) is 4.34 Å². The molecule has 0 unspecified atom stereocenters. The third-order valence-corrected chi connectivity index (χ3v) is 7.79. The van der Waals surface area contributed by atoms with Crippen LogP contribution in [0.1, 0.15) is 0 Å². The molecule has 1 aliphatic rings. The summed E-state index contributed by atoms with van der Waals surface area (Å²) in [6.07, 6.45) is 1.67. The minimum atomic E-state index is -3.45. The number of nitrogens with zero attached hydrogens (tertiary/aromatic N) is 5. The molecule has 23 heavy (non-hydrogen) atoms. The fraction of sp³-hybridized carbons (Fsp3) is 0.500. The van der Waals surface area contributed by atoms with Gasteiger partial charge in [-0.25, -0.2) is 13.1 Å². The van der Waals surface area contributed by atoms with E-state index < -0.39 is 10.0 Å². The molecule has 0 bridgehead atoms. The third kappa shape index (κ3) is 3.52. The Hall–Kier alpha value is -0.780. The monoisotopic (exact) mass is 393 g/mol. The fourth-order valence-corrected chi connectivity index (χ4v) is 5.59. The van der Waals surface area contributed by atoms with Crippen LogP contribution in [0.15, 0.2) is 22.7 Å². The number of rotatable bonds is 4. The summed E-state index contributed by atoms with van der Waals surface area (Å²) in [4.78, 5) is 2.14. The quantitative estimate of drug-likeness (QED) is 0.739. The number of piperazine rings is 1. The van der Waals surface area contributed by atoms with Gasteiger partial charge in [0.05, 0.1) is 11.0 Å². The van der Waals surface area contributed by atoms with Gasteiger partial charge in [0.1, 0.15) is 10.5 Å². The van der Waals surface area contributed by atoms with E-state index in [0.717, 1.165) is 11.3 Å². The molecule has 0 radical (unpaired) electrons. The van der Waals surface area contributed by atoms with Gasteiger partial charge in [-0.15, -0.1) is 11.3 Å². The molecule has 0 N–H and O–H groups in total. The molecule has 7 nitrogen and oxygen atoms in total. The average molecular weight is 394 g/mol. The van der Waals surface area contributed by atoms with Gasteiger partial charge >= 0.3 is 0 Å². The molecule has 126 valence electrons. The summed E-state index contributed by atoms with van der Waals surface area (Å²) in [6.45, 7) is 2.72. The van der Waals surface area contributed by atoms with Crippen molar-refractivity contribution in [3.05, 3.63) is 27.6 Å². The molecule has 0 amide bonds. The van der Waals surface area contributed by atoms with Gasteiger partial charge in [-0.1, -0.05) is 11.6 Å². The molecule has 1 saturated heterocycles. The molecule has 3 rings (SSSR count). The maximum absolute atomic E-state index is 12.5. The van der Waals surface area contributed by atoms with E-state index in [2.05, 4.69) is 10.00 Å². The van der Waals surface area contributed by atoms with E-state index in [9.17, 15) is 8.42 Å². The summed E-state index contributed by atoms with van der Waals surface area (Å²) in [5.74, 6) is 0. The van der Waals surface area contributed by atoms with Crippen LogP contribution in [0.5, 0.6) is 0 Å². The number of thiophene rings is 1. The lowest BCUT2D eigenvalue weighted by Gasteiger charge is -2.33. The Kier molecular flexibility index (Phi) is 4.90. The largest absolute Gasteiger partial charge is 0.310 e. The number of hydrogen-bond acceptors (Lipinski definition) is 6. The lowest BCUT2D eigenvalue weighted by Crippen LogP contribution is -2.48. The molecule has 0 spiro atoms. The average Bonchev–Trinajstić information content (AvgIpc) is 3.09. The van der Waals surface area contributed by atoms with Gasteiger partial charge in [0, 0.05) is 33.2 Å². The minimum Gasteiger partial charge on any atom is -0.310 e. The highest BCUT2D eigenvalue weighted by Gasteiger charge is 2.29. The van der Waals surface area contributed by atoms with Crippen molar-refractivity contribution in [1.82, 2.24) is 23.6 Å². The number of halogens is 1. The standard InChI is InChI=1S/C12H16ClN5O2S3/c1-15-8-14-18(12(15)21)9-16-4-6-17(7-5-16)23(19,20)11-3-2-10(13)22-11/h2-3,8H,4-7,9H2,1H3. The van der Waals surface area contributed by atoms with Crippen molar-refractivity contribution in [1.29, 1.82) is 0 Å². The van der Waals surface area contributed by atoms with Crippen LogP contribution in [0.25, 0.3) is 0 Å².